The molecule has 0 bridgehead atoms. The zero-order valence-electron chi connectivity index (χ0n) is 7.79. The molecule has 1 heterocycles. The number of carboxylic acid groups (broad SMARTS) is 1. The van der Waals surface area contributed by atoms with Crippen molar-refractivity contribution < 1.29 is 9.90 Å². The van der Waals surface area contributed by atoms with Gasteiger partial charge in [0.15, 0.2) is 0 Å². The monoisotopic (exact) mass is 172 g/mol. The third-order valence-electron chi connectivity index (χ3n) is 2.77. The summed E-state index contributed by atoms with van der Waals surface area (Å²) in [6.07, 6.45) is -0.826. The SMILES string of the molecule is CC1NCCN(C(=O)O)C1(C)C. The Bertz CT molecular complexity index is 191. The Balaban J connectivity index is 2.79. The number of hydrogen-bond donors (Lipinski definition) is 2. The maximum Gasteiger partial charge on any atom is 0.407 e. The predicted molar refractivity (Wildman–Crippen MR) is 46.3 cm³/mol. The summed E-state index contributed by atoms with van der Waals surface area (Å²) in [6, 6.07) is 0.211. The predicted octanol–water partition coefficient (Wildman–Crippen LogP) is 0.737. The molecule has 1 atom stereocenters. The van der Waals surface area contributed by atoms with Crippen molar-refractivity contribution in [2.45, 2.75) is 32.4 Å². The van der Waals surface area contributed by atoms with E-state index in [4.69, 9.17) is 5.11 Å². The number of nitrogens with zero attached hydrogens (tertiary/aromatic N) is 1. The van der Waals surface area contributed by atoms with E-state index in [1.165, 1.54) is 4.90 Å². The fourth-order valence-corrected chi connectivity index (χ4v) is 1.51. The Morgan fingerprint density at radius 3 is 2.67 bits per heavy atom. The molecule has 1 saturated heterocycles. The average molecular weight is 172 g/mol. The molecule has 4 heteroatoms. The second kappa shape index (κ2) is 2.94. The first kappa shape index (κ1) is 9.32. The minimum absolute atomic E-state index is 0.211. The maximum absolute atomic E-state index is 10.8. The molecule has 12 heavy (non-hydrogen) atoms. The highest BCUT2D eigenvalue weighted by Crippen LogP contribution is 2.21. The van der Waals surface area contributed by atoms with Crippen LogP contribution in [0, 0.1) is 0 Å². The Morgan fingerprint density at radius 2 is 2.25 bits per heavy atom. The van der Waals surface area contributed by atoms with Gasteiger partial charge in [0.25, 0.3) is 0 Å². The van der Waals surface area contributed by atoms with Crippen LogP contribution in [0.4, 0.5) is 4.79 Å². The number of carbonyl (C=O) groups is 1. The van der Waals surface area contributed by atoms with E-state index in [0.29, 0.717) is 6.54 Å². The fourth-order valence-electron chi connectivity index (χ4n) is 1.51. The molecule has 1 amide bonds. The molecular weight excluding hydrogens is 156 g/mol. The summed E-state index contributed by atoms with van der Waals surface area (Å²) in [4.78, 5) is 12.3. The number of rotatable bonds is 0. The Labute approximate surface area is 72.6 Å². The van der Waals surface area contributed by atoms with E-state index in [-0.39, 0.29) is 11.6 Å². The lowest BCUT2D eigenvalue weighted by Gasteiger charge is -2.45. The van der Waals surface area contributed by atoms with Gasteiger partial charge < -0.3 is 15.3 Å². The van der Waals surface area contributed by atoms with Crippen molar-refractivity contribution in [1.82, 2.24) is 10.2 Å². The highest BCUT2D eigenvalue weighted by Gasteiger charge is 2.38. The zero-order valence-corrected chi connectivity index (χ0v) is 7.79. The van der Waals surface area contributed by atoms with Gasteiger partial charge in [-0.2, -0.15) is 0 Å². The number of hydrogen-bond acceptors (Lipinski definition) is 2. The molecule has 0 saturated carbocycles. The normalized spacial score (nSPS) is 28.6. The first-order valence-corrected chi connectivity index (χ1v) is 4.20. The molecule has 4 nitrogen and oxygen atoms in total. The van der Waals surface area contributed by atoms with E-state index in [2.05, 4.69) is 5.32 Å². The van der Waals surface area contributed by atoms with Crippen molar-refractivity contribution in [1.29, 1.82) is 0 Å². The largest absolute Gasteiger partial charge is 0.465 e. The van der Waals surface area contributed by atoms with Crippen LogP contribution in [0.15, 0.2) is 0 Å². The van der Waals surface area contributed by atoms with Crippen molar-refractivity contribution in [2.24, 2.45) is 0 Å². The summed E-state index contributed by atoms with van der Waals surface area (Å²) in [7, 11) is 0. The standard InChI is InChI=1S/C8H16N2O2/c1-6-8(2,3)10(7(11)12)5-4-9-6/h6,9H,4-5H2,1-3H3,(H,11,12). The maximum atomic E-state index is 10.8. The van der Waals surface area contributed by atoms with Crippen molar-refractivity contribution >= 4 is 6.09 Å². The van der Waals surface area contributed by atoms with Crippen LogP contribution in [-0.2, 0) is 0 Å². The fraction of sp³-hybridized carbons (Fsp3) is 0.875. The Morgan fingerprint density at radius 1 is 1.67 bits per heavy atom. The highest BCUT2D eigenvalue weighted by molar-refractivity contribution is 5.66. The van der Waals surface area contributed by atoms with Crippen molar-refractivity contribution in [3.8, 4) is 0 Å². The molecule has 0 aromatic carbocycles. The van der Waals surface area contributed by atoms with Crippen LogP contribution in [0.25, 0.3) is 0 Å². The topological polar surface area (TPSA) is 52.6 Å². The molecule has 2 N–H and O–H groups in total. The molecule has 1 aliphatic rings. The Kier molecular flexibility index (Phi) is 2.28. The summed E-state index contributed by atoms with van der Waals surface area (Å²) in [6.45, 7) is 7.22. The highest BCUT2D eigenvalue weighted by atomic mass is 16.4. The quantitative estimate of drug-likeness (QED) is 0.566. The minimum atomic E-state index is -0.826. The third-order valence-corrected chi connectivity index (χ3v) is 2.77. The molecule has 0 aromatic rings. The Hall–Kier alpha value is -0.770. The molecule has 0 radical (unpaired) electrons. The molecule has 0 spiro atoms. The van der Waals surface area contributed by atoms with Gasteiger partial charge in [0.2, 0.25) is 0 Å². The molecular formula is C8H16N2O2. The summed E-state index contributed by atoms with van der Waals surface area (Å²) >= 11 is 0. The molecule has 1 unspecified atom stereocenters. The second-order valence-electron chi connectivity index (χ2n) is 3.76. The average Bonchev–Trinajstić information content (AvgIpc) is 1.94. The number of piperazine rings is 1. The molecule has 1 rings (SSSR count). The van der Waals surface area contributed by atoms with E-state index in [9.17, 15) is 4.79 Å². The van der Waals surface area contributed by atoms with Crippen LogP contribution in [0.3, 0.4) is 0 Å². The summed E-state index contributed by atoms with van der Waals surface area (Å²) < 4.78 is 0. The van der Waals surface area contributed by atoms with Crippen LogP contribution in [0.1, 0.15) is 20.8 Å². The van der Waals surface area contributed by atoms with Crippen LogP contribution < -0.4 is 5.32 Å². The molecule has 0 aliphatic carbocycles. The summed E-state index contributed by atoms with van der Waals surface area (Å²) in [5.41, 5.74) is -0.302. The minimum Gasteiger partial charge on any atom is -0.465 e. The molecule has 1 fully saturated rings. The van der Waals surface area contributed by atoms with Gasteiger partial charge in [-0.1, -0.05) is 0 Å². The summed E-state index contributed by atoms with van der Waals surface area (Å²) in [5, 5.41) is 12.1. The third kappa shape index (κ3) is 1.39. The van der Waals surface area contributed by atoms with Crippen LogP contribution in [-0.4, -0.2) is 40.8 Å². The smallest absolute Gasteiger partial charge is 0.407 e. The van der Waals surface area contributed by atoms with E-state index in [1.54, 1.807) is 0 Å². The van der Waals surface area contributed by atoms with E-state index < -0.39 is 6.09 Å². The number of amides is 1. The zero-order chi connectivity index (χ0) is 9.35. The lowest BCUT2D eigenvalue weighted by atomic mass is 9.92. The first-order chi connectivity index (χ1) is 5.46. The van der Waals surface area contributed by atoms with E-state index in [0.717, 1.165) is 6.54 Å². The van der Waals surface area contributed by atoms with Gasteiger partial charge in [-0.3, -0.25) is 0 Å². The van der Waals surface area contributed by atoms with Crippen molar-refractivity contribution in [3.05, 3.63) is 0 Å². The van der Waals surface area contributed by atoms with Gasteiger partial charge in [0.05, 0.1) is 5.54 Å². The first-order valence-electron chi connectivity index (χ1n) is 4.20. The van der Waals surface area contributed by atoms with Gasteiger partial charge in [-0.05, 0) is 20.8 Å². The van der Waals surface area contributed by atoms with Gasteiger partial charge >= 0.3 is 6.09 Å². The lowest BCUT2D eigenvalue weighted by molar-refractivity contribution is 0.0533. The van der Waals surface area contributed by atoms with Gasteiger partial charge in [0.1, 0.15) is 0 Å². The van der Waals surface area contributed by atoms with E-state index >= 15 is 0 Å². The molecule has 70 valence electrons. The molecule has 1 aliphatic heterocycles. The van der Waals surface area contributed by atoms with Gasteiger partial charge in [0, 0.05) is 19.1 Å². The molecule has 0 aromatic heterocycles. The second-order valence-corrected chi connectivity index (χ2v) is 3.76. The van der Waals surface area contributed by atoms with Crippen molar-refractivity contribution in [3.63, 3.8) is 0 Å². The van der Waals surface area contributed by atoms with Crippen LogP contribution in [0.2, 0.25) is 0 Å². The van der Waals surface area contributed by atoms with Gasteiger partial charge in [-0.15, -0.1) is 0 Å². The van der Waals surface area contributed by atoms with Crippen LogP contribution in [0.5, 0.6) is 0 Å². The lowest BCUT2D eigenvalue weighted by Crippen LogP contribution is -2.64. The van der Waals surface area contributed by atoms with Crippen molar-refractivity contribution in [2.75, 3.05) is 13.1 Å². The number of nitrogens with one attached hydrogen (secondary N) is 1. The van der Waals surface area contributed by atoms with Gasteiger partial charge in [-0.25, -0.2) is 4.79 Å². The summed E-state index contributed by atoms with van der Waals surface area (Å²) in [5.74, 6) is 0. The van der Waals surface area contributed by atoms with Crippen LogP contribution >= 0.6 is 0 Å². The van der Waals surface area contributed by atoms with E-state index in [1.807, 2.05) is 20.8 Å².